The average Bonchev–Trinajstić information content (AvgIpc) is 3.23. The van der Waals surface area contributed by atoms with Gasteiger partial charge in [0.25, 0.3) is 5.89 Å². The molecule has 1 aromatic carbocycles. The van der Waals surface area contributed by atoms with Crippen molar-refractivity contribution in [2.75, 3.05) is 7.11 Å². The Bertz CT molecular complexity index is 761. The molecule has 2 N–H and O–H groups in total. The fraction of sp³-hybridized carbons (Fsp3) is 0.412. The van der Waals surface area contributed by atoms with Crippen LogP contribution in [0.3, 0.4) is 0 Å². The van der Waals surface area contributed by atoms with Crippen molar-refractivity contribution in [3.63, 3.8) is 0 Å². The molecule has 3 rings (SSSR count). The van der Waals surface area contributed by atoms with Gasteiger partial charge >= 0.3 is 6.61 Å². The van der Waals surface area contributed by atoms with E-state index in [1.165, 1.54) is 19.3 Å². The molecule has 0 saturated heterocycles. The minimum absolute atomic E-state index is 0. The van der Waals surface area contributed by atoms with Crippen LogP contribution in [-0.4, -0.2) is 23.9 Å². The lowest BCUT2D eigenvalue weighted by Crippen LogP contribution is -2.34. The van der Waals surface area contributed by atoms with Crippen LogP contribution in [0.1, 0.15) is 43.0 Å². The Labute approximate surface area is 155 Å². The zero-order chi connectivity index (χ0) is 17.9. The van der Waals surface area contributed by atoms with E-state index < -0.39 is 12.2 Å². The molecule has 26 heavy (non-hydrogen) atoms. The van der Waals surface area contributed by atoms with Gasteiger partial charge in [-0.15, -0.1) is 12.4 Å². The highest BCUT2D eigenvalue weighted by Gasteiger charge is 2.35. The molecule has 1 aliphatic rings. The zero-order valence-corrected chi connectivity index (χ0v) is 15.0. The minimum atomic E-state index is -2.96. The third-order valence-corrected chi connectivity index (χ3v) is 4.22. The first-order chi connectivity index (χ1) is 12.0. The van der Waals surface area contributed by atoms with Crippen LogP contribution in [0.2, 0.25) is 0 Å². The summed E-state index contributed by atoms with van der Waals surface area (Å²) in [5, 5.41) is 3.95. The lowest BCUT2D eigenvalue weighted by atomic mass is 9.99. The number of nitrogens with zero attached hydrogens (tertiary/aromatic N) is 2. The first-order valence-corrected chi connectivity index (χ1v) is 7.95. The quantitative estimate of drug-likeness (QED) is 0.806. The number of alkyl halides is 2. The first-order valence-electron chi connectivity index (χ1n) is 7.95. The van der Waals surface area contributed by atoms with Crippen molar-refractivity contribution in [1.82, 2.24) is 10.1 Å². The number of nitrogens with two attached hydrogens (primary N) is 1. The highest BCUT2D eigenvalue weighted by Crippen LogP contribution is 2.35. The van der Waals surface area contributed by atoms with Crippen LogP contribution >= 0.6 is 12.4 Å². The van der Waals surface area contributed by atoms with Crippen molar-refractivity contribution in [3.05, 3.63) is 35.5 Å². The molecule has 0 aliphatic heterocycles. The molecule has 9 heteroatoms. The fourth-order valence-corrected chi connectivity index (χ4v) is 2.94. The summed E-state index contributed by atoms with van der Waals surface area (Å²) in [5.41, 5.74) is 6.15. The van der Waals surface area contributed by atoms with Gasteiger partial charge in [-0.2, -0.15) is 13.8 Å². The number of rotatable bonds is 6. The normalized spacial score (nSPS) is 16.0. The second-order valence-electron chi connectivity index (χ2n) is 5.91. The van der Waals surface area contributed by atoms with Crippen LogP contribution in [-0.2, 0) is 5.54 Å². The maximum Gasteiger partial charge on any atom is 0.387 e. The topological polar surface area (TPSA) is 83.4 Å². The van der Waals surface area contributed by atoms with Gasteiger partial charge in [-0.3, -0.25) is 0 Å². The molecule has 0 bridgehead atoms. The number of hydrogen-bond acceptors (Lipinski definition) is 6. The Morgan fingerprint density at radius 2 is 2.00 bits per heavy atom. The largest absolute Gasteiger partial charge is 0.493 e. The Balaban J connectivity index is 0.00000243. The van der Waals surface area contributed by atoms with Gasteiger partial charge in [0.05, 0.1) is 12.6 Å². The number of hydrogen-bond donors (Lipinski definition) is 1. The second-order valence-corrected chi connectivity index (χ2v) is 5.91. The van der Waals surface area contributed by atoms with Crippen LogP contribution in [0.5, 0.6) is 11.5 Å². The maximum atomic E-state index is 12.6. The van der Waals surface area contributed by atoms with Gasteiger partial charge in [-0.05, 0) is 25.0 Å². The summed E-state index contributed by atoms with van der Waals surface area (Å²) in [6.07, 6.45) is 6.79. The van der Waals surface area contributed by atoms with E-state index in [0.717, 1.165) is 25.7 Å². The molecule has 1 heterocycles. The summed E-state index contributed by atoms with van der Waals surface area (Å²) in [5.74, 6) is 0.875. The number of halogens is 3. The maximum absolute atomic E-state index is 12.6. The van der Waals surface area contributed by atoms with E-state index >= 15 is 0 Å². The minimum Gasteiger partial charge on any atom is -0.493 e. The fourth-order valence-electron chi connectivity index (χ4n) is 2.94. The smallest absolute Gasteiger partial charge is 0.387 e. The van der Waals surface area contributed by atoms with E-state index in [1.54, 1.807) is 18.2 Å². The van der Waals surface area contributed by atoms with Crippen molar-refractivity contribution < 1.29 is 22.8 Å². The lowest BCUT2D eigenvalue weighted by molar-refractivity contribution is -0.0513. The monoisotopic (exact) mass is 387 g/mol. The number of para-hydroxylation sites is 1. The Hall–Kier alpha value is -2.19. The van der Waals surface area contributed by atoms with Gasteiger partial charge in [-0.25, -0.2) is 0 Å². The molecule has 6 nitrogen and oxygen atoms in total. The SMILES string of the molecule is COc1cccc(/C=C/c2nc(C3(N)CCCC3)no2)c1OC(F)F.Cl. The summed E-state index contributed by atoms with van der Waals surface area (Å²) in [6.45, 7) is -2.96. The van der Waals surface area contributed by atoms with Crippen LogP contribution in [0.4, 0.5) is 8.78 Å². The highest BCUT2D eigenvalue weighted by molar-refractivity contribution is 5.85. The van der Waals surface area contributed by atoms with Crippen LogP contribution < -0.4 is 15.2 Å². The summed E-state index contributed by atoms with van der Waals surface area (Å²) < 4.78 is 40.1. The molecule has 0 atom stereocenters. The van der Waals surface area contributed by atoms with E-state index in [2.05, 4.69) is 14.9 Å². The molecule has 0 amide bonds. The lowest BCUT2D eigenvalue weighted by Gasteiger charge is -2.17. The molecule has 0 spiro atoms. The Morgan fingerprint density at radius 1 is 1.27 bits per heavy atom. The van der Waals surface area contributed by atoms with E-state index in [0.29, 0.717) is 11.4 Å². The van der Waals surface area contributed by atoms with Crippen molar-refractivity contribution in [1.29, 1.82) is 0 Å². The van der Waals surface area contributed by atoms with Crippen LogP contribution in [0.25, 0.3) is 12.2 Å². The van der Waals surface area contributed by atoms with Gasteiger partial charge in [-0.1, -0.05) is 30.1 Å². The molecular weight excluding hydrogens is 368 g/mol. The van der Waals surface area contributed by atoms with E-state index in [-0.39, 0.29) is 29.8 Å². The Kier molecular flexibility index (Phi) is 6.55. The molecule has 0 unspecified atom stereocenters. The number of ether oxygens (including phenoxy) is 2. The summed E-state index contributed by atoms with van der Waals surface area (Å²) in [6, 6.07) is 4.83. The summed E-state index contributed by atoms with van der Waals surface area (Å²) in [7, 11) is 1.38. The van der Waals surface area contributed by atoms with Gasteiger partial charge in [0.15, 0.2) is 17.3 Å². The molecule has 2 aromatic rings. The molecule has 1 aliphatic carbocycles. The predicted octanol–water partition coefficient (Wildman–Crippen LogP) is 4.00. The molecule has 1 saturated carbocycles. The number of methoxy groups -OCH3 is 1. The van der Waals surface area contributed by atoms with E-state index in [4.69, 9.17) is 15.0 Å². The number of aromatic nitrogens is 2. The summed E-state index contributed by atoms with van der Waals surface area (Å²) in [4.78, 5) is 4.30. The Morgan fingerprint density at radius 3 is 2.65 bits per heavy atom. The van der Waals surface area contributed by atoms with Gasteiger partial charge in [0.2, 0.25) is 0 Å². The van der Waals surface area contributed by atoms with Crippen LogP contribution in [0, 0.1) is 0 Å². The van der Waals surface area contributed by atoms with Crippen molar-refractivity contribution in [2.45, 2.75) is 37.8 Å². The van der Waals surface area contributed by atoms with Gasteiger partial charge in [0, 0.05) is 11.6 Å². The molecule has 1 fully saturated rings. The molecule has 142 valence electrons. The number of benzene rings is 1. The molecule has 0 radical (unpaired) electrons. The molecular formula is C17H20ClF2N3O3. The predicted molar refractivity (Wildman–Crippen MR) is 94.4 cm³/mol. The van der Waals surface area contributed by atoms with Crippen LogP contribution in [0.15, 0.2) is 22.7 Å². The standard InChI is InChI=1S/C17H19F2N3O3.ClH/c1-23-12-6-4-5-11(14(12)24-16(18)19)7-8-13-21-15(22-25-13)17(20)9-2-3-10-17;/h4-8,16H,2-3,9-10,20H2,1H3;1H/b8-7+;. The molecule has 1 aromatic heterocycles. The van der Waals surface area contributed by atoms with Gasteiger partial charge in [0.1, 0.15) is 0 Å². The highest BCUT2D eigenvalue weighted by atomic mass is 35.5. The van der Waals surface area contributed by atoms with Crippen molar-refractivity contribution in [3.8, 4) is 11.5 Å². The summed E-state index contributed by atoms with van der Waals surface area (Å²) >= 11 is 0. The van der Waals surface area contributed by atoms with E-state index in [9.17, 15) is 8.78 Å². The zero-order valence-electron chi connectivity index (χ0n) is 14.2. The first kappa shape index (κ1) is 20.1. The third kappa shape index (κ3) is 4.31. The van der Waals surface area contributed by atoms with E-state index in [1.807, 2.05) is 0 Å². The average molecular weight is 388 g/mol. The van der Waals surface area contributed by atoms with Gasteiger partial charge < -0.3 is 19.7 Å². The third-order valence-electron chi connectivity index (χ3n) is 4.22. The van der Waals surface area contributed by atoms with Crippen molar-refractivity contribution in [2.24, 2.45) is 5.73 Å². The van der Waals surface area contributed by atoms with Crippen molar-refractivity contribution >= 4 is 24.6 Å². The second kappa shape index (κ2) is 8.46.